The van der Waals surface area contributed by atoms with Crippen molar-refractivity contribution in [3.63, 3.8) is 0 Å². The van der Waals surface area contributed by atoms with Gasteiger partial charge in [0.05, 0.1) is 20.0 Å². The summed E-state index contributed by atoms with van der Waals surface area (Å²) in [6.45, 7) is 1.13. The number of ether oxygens (including phenoxy) is 1. The van der Waals surface area contributed by atoms with Crippen molar-refractivity contribution in [2.24, 2.45) is 9.98 Å². The van der Waals surface area contributed by atoms with Crippen LogP contribution in [0.3, 0.4) is 0 Å². The molecule has 3 heterocycles. The highest BCUT2D eigenvalue weighted by Crippen LogP contribution is 2.35. The van der Waals surface area contributed by atoms with Gasteiger partial charge in [-0.3, -0.25) is 0 Å². The zero-order valence-electron chi connectivity index (χ0n) is 17.0. The number of aliphatic hydroxyl groups excluding tert-OH is 1. The highest BCUT2D eigenvalue weighted by atomic mass is 32.1. The summed E-state index contributed by atoms with van der Waals surface area (Å²) in [5.41, 5.74) is 1.84. The second-order valence-corrected chi connectivity index (χ2v) is 8.39. The van der Waals surface area contributed by atoms with E-state index in [0.717, 1.165) is 17.2 Å². The number of nitrogens with zero attached hydrogens (tertiary/aromatic N) is 4. The minimum Gasteiger partial charge on any atom is -0.496 e. The lowest BCUT2D eigenvalue weighted by atomic mass is 9.98. The lowest BCUT2D eigenvalue weighted by Crippen LogP contribution is -2.42. The van der Waals surface area contributed by atoms with Gasteiger partial charge in [0.1, 0.15) is 16.4 Å². The van der Waals surface area contributed by atoms with Gasteiger partial charge < -0.3 is 19.6 Å². The molecule has 4 rings (SSSR count). The molecule has 0 radical (unpaired) electrons. The van der Waals surface area contributed by atoms with Gasteiger partial charge in [0, 0.05) is 29.6 Å². The van der Waals surface area contributed by atoms with Gasteiger partial charge in [0.25, 0.3) is 0 Å². The summed E-state index contributed by atoms with van der Waals surface area (Å²) in [5, 5.41) is 10.4. The highest BCUT2D eigenvalue weighted by molar-refractivity contribution is 7.12. The summed E-state index contributed by atoms with van der Waals surface area (Å²) >= 11 is 0.627. The number of benzene rings is 1. The first-order chi connectivity index (χ1) is 15.2. The predicted octanol–water partition coefficient (Wildman–Crippen LogP) is 4.18. The van der Waals surface area contributed by atoms with Gasteiger partial charge in [-0.05, 0) is 36.3 Å². The molecule has 1 atom stereocenters. The molecule has 2 aliphatic rings. The van der Waals surface area contributed by atoms with E-state index in [2.05, 4.69) is 9.98 Å². The third-order valence-corrected chi connectivity index (χ3v) is 6.24. The molecule has 0 spiro atoms. The Kier molecular flexibility index (Phi) is 6.20. The molecule has 0 saturated heterocycles. The number of hydrogen-bond donors (Lipinski definition) is 1. The maximum absolute atomic E-state index is 13.4. The summed E-state index contributed by atoms with van der Waals surface area (Å²) in [6.07, 6.45) is -1.63. The van der Waals surface area contributed by atoms with Crippen molar-refractivity contribution in [3.05, 3.63) is 57.5 Å². The van der Waals surface area contributed by atoms with Crippen molar-refractivity contribution in [3.8, 4) is 5.75 Å². The molecule has 0 bridgehead atoms. The van der Waals surface area contributed by atoms with E-state index in [1.54, 1.807) is 6.07 Å². The summed E-state index contributed by atoms with van der Waals surface area (Å²) in [6, 6.07) is 6.82. The topological polar surface area (TPSA) is 60.7 Å². The number of aliphatic hydroxyl groups is 1. The number of rotatable bonds is 4. The zero-order chi connectivity index (χ0) is 22.9. The fourth-order valence-electron chi connectivity index (χ4n) is 3.50. The number of halogens is 4. The maximum Gasteiger partial charge on any atom is 0.425 e. The van der Waals surface area contributed by atoms with Gasteiger partial charge in [-0.25, -0.2) is 9.38 Å². The largest absolute Gasteiger partial charge is 0.496 e. The molecule has 2 aromatic rings. The Bertz CT molecular complexity index is 1080. The number of guanidine groups is 1. The van der Waals surface area contributed by atoms with Crippen LogP contribution < -0.4 is 4.74 Å². The first-order valence-electron chi connectivity index (χ1n) is 9.74. The number of aliphatic imine (C=N–C) groups is 2. The number of alkyl halides is 3. The van der Waals surface area contributed by atoms with E-state index in [0.29, 0.717) is 47.4 Å². The molecular weight excluding hydrogens is 448 g/mol. The van der Waals surface area contributed by atoms with Crippen LogP contribution in [-0.2, 0) is 12.7 Å². The molecule has 2 aliphatic heterocycles. The first-order valence-corrected chi connectivity index (χ1v) is 10.6. The van der Waals surface area contributed by atoms with Crippen LogP contribution in [-0.4, -0.2) is 53.8 Å². The molecule has 1 N–H and O–H groups in total. The molecule has 32 heavy (non-hydrogen) atoms. The molecule has 6 nitrogen and oxygen atoms in total. The van der Waals surface area contributed by atoms with Crippen LogP contribution in [0.1, 0.15) is 21.7 Å². The maximum atomic E-state index is 13.4. The molecule has 1 unspecified atom stereocenters. The van der Waals surface area contributed by atoms with E-state index in [4.69, 9.17) is 4.74 Å². The molecule has 0 aliphatic carbocycles. The second-order valence-electron chi connectivity index (χ2n) is 7.23. The Morgan fingerprint density at radius 2 is 2.06 bits per heavy atom. The van der Waals surface area contributed by atoms with Crippen LogP contribution in [0, 0.1) is 5.82 Å². The number of methoxy groups -OCH3 is 1. The standard InChI is InChI=1S/C21H20F4N4O2S/c1-31-17-10-14(22)2-4-16(17)13-6-8-28(9-7-13)19-26-12-29(20(30)27-19)11-15-3-5-18(32-15)21(23,24)25/h2-6,10,12,20,30H,7-9,11H2,1H3. The fraction of sp³-hybridized carbons (Fsp3) is 0.333. The summed E-state index contributed by atoms with van der Waals surface area (Å²) in [4.78, 5) is 11.5. The van der Waals surface area contributed by atoms with Crippen LogP contribution >= 0.6 is 11.3 Å². The van der Waals surface area contributed by atoms with Crippen molar-refractivity contribution >= 4 is 29.2 Å². The molecule has 0 fully saturated rings. The van der Waals surface area contributed by atoms with E-state index >= 15 is 0 Å². The summed E-state index contributed by atoms with van der Waals surface area (Å²) in [7, 11) is 1.49. The smallest absolute Gasteiger partial charge is 0.425 e. The minimum atomic E-state index is -4.39. The van der Waals surface area contributed by atoms with Crippen LogP contribution in [0.4, 0.5) is 17.6 Å². The fourth-order valence-corrected chi connectivity index (χ4v) is 4.39. The third-order valence-electron chi connectivity index (χ3n) is 5.13. The lowest BCUT2D eigenvalue weighted by Gasteiger charge is -2.32. The van der Waals surface area contributed by atoms with Gasteiger partial charge in [0.2, 0.25) is 12.3 Å². The van der Waals surface area contributed by atoms with Gasteiger partial charge in [-0.15, -0.1) is 11.3 Å². The monoisotopic (exact) mass is 468 g/mol. The van der Waals surface area contributed by atoms with Crippen LogP contribution in [0.15, 0.2) is 46.4 Å². The second kappa shape index (κ2) is 8.91. The van der Waals surface area contributed by atoms with Crippen LogP contribution in [0.5, 0.6) is 5.75 Å². The van der Waals surface area contributed by atoms with E-state index in [-0.39, 0.29) is 12.4 Å². The molecule has 170 valence electrons. The predicted molar refractivity (Wildman–Crippen MR) is 114 cm³/mol. The average Bonchev–Trinajstić information content (AvgIpc) is 3.24. The molecule has 1 aromatic heterocycles. The van der Waals surface area contributed by atoms with Crippen LogP contribution in [0.25, 0.3) is 5.57 Å². The molecule has 0 saturated carbocycles. The van der Waals surface area contributed by atoms with Gasteiger partial charge in [-0.2, -0.15) is 18.2 Å². The number of thiophene rings is 1. The quantitative estimate of drug-likeness (QED) is 0.684. The van der Waals surface area contributed by atoms with Crippen molar-refractivity contribution in [2.75, 3.05) is 20.2 Å². The Balaban J connectivity index is 1.40. The van der Waals surface area contributed by atoms with Crippen molar-refractivity contribution in [2.45, 2.75) is 25.5 Å². The Labute approximate surface area is 185 Å². The first kappa shape index (κ1) is 22.3. The molecule has 0 amide bonds. The Morgan fingerprint density at radius 1 is 1.25 bits per heavy atom. The summed E-state index contributed by atoms with van der Waals surface area (Å²) < 4.78 is 57.0. The molecular formula is C21H20F4N4O2S. The van der Waals surface area contributed by atoms with Crippen molar-refractivity contribution in [1.82, 2.24) is 9.80 Å². The average molecular weight is 468 g/mol. The third kappa shape index (κ3) is 4.78. The van der Waals surface area contributed by atoms with E-state index < -0.39 is 17.4 Å². The van der Waals surface area contributed by atoms with Gasteiger partial charge in [-0.1, -0.05) is 6.08 Å². The molecule has 11 heteroatoms. The summed E-state index contributed by atoms with van der Waals surface area (Å²) in [5.74, 6) is 0.439. The van der Waals surface area contributed by atoms with Gasteiger partial charge in [0.15, 0.2) is 0 Å². The SMILES string of the molecule is COc1cc(F)ccc1C1=CCN(C2=NC(O)N(Cc3ccc(C(F)(F)F)s3)C=N2)CC1. The van der Waals surface area contributed by atoms with E-state index in [1.807, 2.05) is 11.0 Å². The minimum absolute atomic E-state index is 0.0661. The van der Waals surface area contributed by atoms with Gasteiger partial charge >= 0.3 is 6.18 Å². The normalized spacial score (nSPS) is 19.1. The van der Waals surface area contributed by atoms with Crippen molar-refractivity contribution in [1.29, 1.82) is 0 Å². The molecule has 1 aromatic carbocycles. The van der Waals surface area contributed by atoms with E-state index in [1.165, 1.54) is 36.5 Å². The van der Waals surface area contributed by atoms with Crippen molar-refractivity contribution < 1.29 is 27.4 Å². The Hall–Kier alpha value is -2.92. The van der Waals surface area contributed by atoms with Crippen LogP contribution in [0.2, 0.25) is 0 Å². The lowest BCUT2D eigenvalue weighted by molar-refractivity contribution is -0.134. The Morgan fingerprint density at radius 3 is 2.69 bits per heavy atom. The number of hydrogen-bond acceptors (Lipinski definition) is 7. The zero-order valence-corrected chi connectivity index (χ0v) is 17.8. The highest BCUT2D eigenvalue weighted by Gasteiger charge is 2.33. The van der Waals surface area contributed by atoms with E-state index in [9.17, 15) is 22.7 Å².